The molecule has 1 amide bonds. The van der Waals surface area contributed by atoms with Crippen molar-refractivity contribution in [2.45, 2.75) is 12.8 Å². The molecule has 0 aliphatic rings. The number of rotatable bonds is 5. The summed E-state index contributed by atoms with van der Waals surface area (Å²) in [5, 5.41) is 11.8. The molecule has 1 atom stereocenters. The van der Waals surface area contributed by atoms with Gasteiger partial charge in [-0.2, -0.15) is 0 Å². The fourth-order valence-electron chi connectivity index (χ4n) is 1.92. The first kappa shape index (κ1) is 15.1. The van der Waals surface area contributed by atoms with Crippen LogP contribution in [0.15, 0.2) is 29.8 Å². The van der Waals surface area contributed by atoms with Crippen LogP contribution in [0, 0.1) is 0 Å². The van der Waals surface area contributed by atoms with E-state index in [4.69, 9.17) is 5.11 Å². The number of carbonyl (C=O) groups is 2. The molecule has 0 bridgehead atoms. The molecule has 0 spiro atoms. The van der Waals surface area contributed by atoms with Crippen LogP contribution >= 0.6 is 11.3 Å². The second kappa shape index (κ2) is 6.45. The fourth-order valence-corrected chi connectivity index (χ4v) is 2.61. The van der Waals surface area contributed by atoms with Crippen LogP contribution in [0.4, 0.5) is 0 Å². The summed E-state index contributed by atoms with van der Waals surface area (Å²) in [6.07, 6.45) is 1.73. The van der Waals surface area contributed by atoms with E-state index in [1.165, 1.54) is 23.1 Å². The average Bonchev–Trinajstić information content (AvgIpc) is 3.00. The summed E-state index contributed by atoms with van der Waals surface area (Å²) in [4.78, 5) is 32.8. The number of thiazole rings is 1. The van der Waals surface area contributed by atoms with Crippen LogP contribution in [0.1, 0.15) is 38.8 Å². The molecule has 0 saturated heterocycles. The standard InChI is InChI=1S/C14H15N3O3S/c1-9(12-15-6-7-21-12)8-17(2)13(18)10-4-3-5-11(16-10)14(19)20/h3-7,9H,8H2,1-2H3,(H,19,20). The maximum absolute atomic E-state index is 12.3. The zero-order valence-corrected chi connectivity index (χ0v) is 12.5. The van der Waals surface area contributed by atoms with E-state index in [0.29, 0.717) is 6.54 Å². The van der Waals surface area contributed by atoms with E-state index < -0.39 is 5.97 Å². The molecule has 0 aliphatic carbocycles. The minimum Gasteiger partial charge on any atom is -0.477 e. The Morgan fingerprint density at radius 3 is 2.71 bits per heavy atom. The highest BCUT2D eigenvalue weighted by molar-refractivity contribution is 7.09. The molecule has 21 heavy (non-hydrogen) atoms. The van der Waals surface area contributed by atoms with Crippen molar-refractivity contribution in [1.82, 2.24) is 14.9 Å². The van der Waals surface area contributed by atoms with Gasteiger partial charge in [0.2, 0.25) is 0 Å². The van der Waals surface area contributed by atoms with Gasteiger partial charge in [-0.25, -0.2) is 14.8 Å². The lowest BCUT2D eigenvalue weighted by molar-refractivity contribution is 0.0690. The molecule has 0 aliphatic heterocycles. The highest BCUT2D eigenvalue weighted by Gasteiger charge is 2.19. The molecule has 0 radical (unpaired) electrons. The van der Waals surface area contributed by atoms with E-state index in [1.807, 2.05) is 12.3 Å². The third-order valence-corrected chi connectivity index (χ3v) is 3.96. The van der Waals surface area contributed by atoms with Crippen molar-refractivity contribution in [1.29, 1.82) is 0 Å². The lowest BCUT2D eigenvalue weighted by Gasteiger charge is -2.20. The Labute approximate surface area is 126 Å². The lowest BCUT2D eigenvalue weighted by Crippen LogP contribution is -2.31. The topological polar surface area (TPSA) is 83.4 Å². The van der Waals surface area contributed by atoms with Crippen molar-refractivity contribution in [2.24, 2.45) is 0 Å². The smallest absolute Gasteiger partial charge is 0.354 e. The number of amides is 1. The van der Waals surface area contributed by atoms with E-state index in [0.717, 1.165) is 5.01 Å². The number of carboxylic acid groups (broad SMARTS) is 1. The summed E-state index contributed by atoms with van der Waals surface area (Å²) in [6.45, 7) is 2.48. The van der Waals surface area contributed by atoms with Crippen LogP contribution < -0.4 is 0 Å². The average molecular weight is 305 g/mol. The Kier molecular flexibility index (Phi) is 4.64. The number of pyridine rings is 1. The van der Waals surface area contributed by atoms with E-state index in [9.17, 15) is 9.59 Å². The predicted octanol–water partition coefficient (Wildman–Crippen LogP) is 2.11. The molecule has 1 N–H and O–H groups in total. The van der Waals surface area contributed by atoms with Crippen LogP contribution in [0.25, 0.3) is 0 Å². The summed E-state index contributed by atoms with van der Waals surface area (Å²) >= 11 is 1.54. The number of hydrogen-bond donors (Lipinski definition) is 1. The van der Waals surface area contributed by atoms with Crippen molar-refractivity contribution in [3.8, 4) is 0 Å². The SMILES string of the molecule is CC(CN(C)C(=O)c1cccc(C(=O)O)n1)c1nccs1. The van der Waals surface area contributed by atoms with E-state index >= 15 is 0 Å². The molecule has 1 unspecified atom stereocenters. The maximum Gasteiger partial charge on any atom is 0.354 e. The van der Waals surface area contributed by atoms with Crippen LogP contribution in [0.5, 0.6) is 0 Å². The van der Waals surface area contributed by atoms with E-state index in [1.54, 1.807) is 24.6 Å². The molecule has 2 heterocycles. The van der Waals surface area contributed by atoms with Gasteiger partial charge in [-0.1, -0.05) is 13.0 Å². The second-order valence-electron chi connectivity index (χ2n) is 4.67. The lowest BCUT2D eigenvalue weighted by atomic mass is 10.1. The summed E-state index contributed by atoms with van der Waals surface area (Å²) in [6, 6.07) is 4.39. The Morgan fingerprint density at radius 2 is 2.10 bits per heavy atom. The van der Waals surface area contributed by atoms with Gasteiger partial charge in [-0.3, -0.25) is 4.79 Å². The van der Waals surface area contributed by atoms with Crippen LogP contribution in [-0.2, 0) is 0 Å². The van der Waals surface area contributed by atoms with Crippen molar-refractivity contribution in [2.75, 3.05) is 13.6 Å². The number of aromatic nitrogens is 2. The van der Waals surface area contributed by atoms with Gasteiger partial charge in [0.1, 0.15) is 11.4 Å². The van der Waals surface area contributed by atoms with Crippen molar-refractivity contribution < 1.29 is 14.7 Å². The quantitative estimate of drug-likeness (QED) is 0.914. The zero-order valence-electron chi connectivity index (χ0n) is 11.7. The largest absolute Gasteiger partial charge is 0.477 e. The first-order valence-electron chi connectivity index (χ1n) is 6.34. The zero-order chi connectivity index (χ0) is 15.4. The molecular weight excluding hydrogens is 290 g/mol. The van der Waals surface area contributed by atoms with Gasteiger partial charge < -0.3 is 10.0 Å². The summed E-state index contributed by atoms with van der Waals surface area (Å²) in [7, 11) is 1.67. The molecule has 0 aromatic carbocycles. The molecule has 2 aromatic heterocycles. The molecule has 0 fully saturated rings. The molecule has 7 heteroatoms. The Bertz CT molecular complexity index is 643. The van der Waals surface area contributed by atoms with Crippen molar-refractivity contribution >= 4 is 23.2 Å². The minimum atomic E-state index is -1.15. The van der Waals surface area contributed by atoms with Gasteiger partial charge in [0.25, 0.3) is 5.91 Å². The van der Waals surface area contributed by atoms with E-state index in [-0.39, 0.29) is 23.2 Å². The maximum atomic E-state index is 12.3. The minimum absolute atomic E-state index is 0.113. The van der Waals surface area contributed by atoms with E-state index in [2.05, 4.69) is 9.97 Å². The number of hydrogen-bond acceptors (Lipinski definition) is 5. The molecular formula is C14H15N3O3S. The molecule has 110 valence electrons. The van der Waals surface area contributed by atoms with Gasteiger partial charge in [0.15, 0.2) is 0 Å². The van der Waals surface area contributed by atoms with Gasteiger partial charge in [-0.05, 0) is 12.1 Å². The highest BCUT2D eigenvalue weighted by Crippen LogP contribution is 2.18. The molecule has 6 nitrogen and oxygen atoms in total. The Hall–Kier alpha value is -2.28. The monoisotopic (exact) mass is 305 g/mol. The number of nitrogens with zero attached hydrogens (tertiary/aromatic N) is 3. The molecule has 0 saturated carbocycles. The predicted molar refractivity (Wildman–Crippen MR) is 78.7 cm³/mol. The van der Waals surface area contributed by atoms with Crippen molar-refractivity contribution in [3.05, 3.63) is 46.2 Å². The first-order valence-corrected chi connectivity index (χ1v) is 7.22. The second-order valence-corrected chi connectivity index (χ2v) is 5.60. The van der Waals surface area contributed by atoms with Gasteiger partial charge in [-0.15, -0.1) is 11.3 Å². The van der Waals surface area contributed by atoms with Gasteiger partial charge in [0, 0.05) is 31.1 Å². The fraction of sp³-hybridized carbons (Fsp3) is 0.286. The van der Waals surface area contributed by atoms with Gasteiger partial charge in [0.05, 0.1) is 5.01 Å². The van der Waals surface area contributed by atoms with Crippen LogP contribution in [-0.4, -0.2) is 45.4 Å². The Morgan fingerprint density at radius 1 is 1.38 bits per heavy atom. The molecule has 2 rings (SSSR count). The number of carbonyl (C=O) groups excluding carboxylic acids is 1. The van der Waals surface area contributed by atoms with Crippen molar-refractivity contribution in [3.63, 3.8) is 0 Å². The number of carboxylic acids is 1. The summed E-state index contributed by atoms with van der Waals surface area (Å²) in [5.41, 5.74) is -0.00837. The van der Waals surface area contributed by atoms with Gasteiger partial charge >= 0.3 is 5.97 Å². The third kappa shape index (κ3) is 3.63. The number of likely N-dealkylation sites (N-methyl/N-ethyl adjacent to an activating group) is 1. The third-order valence-electron chi connectivity index (χ3n) is 2.95. The molecule has 2 aromatic rings. The summed E-state index contributed by atoms with van der Waals surface area (Å²) in [5.74, 6) is -1.34. The van der Waals surface area contributed by atoms with Crippen LogP contribution in [0.2, 0.25) is 0 Å². The normalized spacial score (nSPS) is 11.9. The highest BCUT2D eigenvalue weighted by atomic mass is 32.1. The van der Waals surface area contributed by atoms with Crippen LogP contribution in [0.3, 0.4) is 0 Å². The first-order chi connectivity index (χ1) is 9.99. The Balaban J connectivity index is 2.08. The summed E-state index contributed by atoms with van der Waals surface area (Å²) < 4.78 is 0. The number of aromatic carboxylic acids is 1.